The maximum absolute atomic E-state index is 13.5. The van der Waals surface area contributed by atoms with E-state index in [4.69, 9.17) is 19.7 Å². The fourth-order valence-corrected chi connectivity index (χ4v) is 5.94. The smallest absolute Gasteiger partial charge is 0.274 e. The number of aliphatic hydroxyl groups is 1. The maximum atomic E-state index is 13.5. The van der Waals surface area contributed by atoms with Crippen LogP contribution in [0.2, 0.25) is 0 Å². The van der Waals surface area contributed by atoms with Crippen molar-refractivity contribution < 1.29 is 28.6 Å². The predicted molar refractivity (Wildman–Crippen MR) is 142 cm³/mol. The van der Waals surface area contributed by atoms with Crippen LogP contribution >= 0.6 is 0 Å². The zero-order valence-corrected chi connectivity index (χ0v) is 22.7. The normalized spacial score (nSPS) is 18.7. The van der Waals surface area contributed by atoms with Gasteiger partial charge in [0, 0.05) is 50.3 Å². The first-order valence-corrected chi connectivity index (χ1v) is 14.2. The van der Waals surface area contributed by atoms with Crippen molar-refractivity contribution in [2.45, 2.75) is 77.0 Å². The Bertz CT molecular complexity index is 1170. The number of fused-ring (bicyclic) bond motifs is 1. The maximum Gasteiger partial charge on any atom is 0.274 e. The molecular formula is C29H39FN4O5. The van der Waals surface area contributed by atoms with Crippen molar-refractivity contribution in [3.05, 3.63) is 46.5 Å². The molecule has 2 saturated heterocycles. The van der Waals surface area contributed by atoms with E-state index < -0.39 is 0 Å². The Hall–Kier alpha value is -2.98. The first-order valence-electron chi connectivity index (χ1n) is 14.2. The van der Waals surface area contributed by atoms with E-state index in [-0.39, 0.29) is 43.0 Å². The number of aromatic nitrogens is 2. The summed E-state index contributed by atoms with van der Waals surface area (Å²) in [7, 11) is 0. The van der Waals surface area contributed by atoms with Gasteiger partial charge < -0.3 is 24.4 Å². The molecule has 9 nitrogen and oxygen atoms in total. The first-order chi connectivity index (χ1) is 18.9. The lowest BCUT2D eigenvalue weighted by Gasteiger charge is -2.32. The minimum absolute atomic E-state index is 0.00290. The largest absolute Gasteiger partial charge is 0.490 e. The molecule has 2 aliphatic heterocycles. The lowest BCUT2D eigenvalue weighted by molar-refractivity contribution is -0.133. The number of benzene rings is 1. The molecule has 10 heteroatoms. The predicted octanol–water partition coefficient (Wildman–Crippen LogP) is 2.89. The number of ether oxygens (including phenoxy) is 2. The molecule has 1 N–H and O–H groups in total. The number of carbonyl (C=O) groups is 2. The third-order valence-corrected chi connectivity index (χ3v) is 8.14. The van der Waals surface area contributed by atoms with E-state index in [1.54, 1.807) is 10.7 Å². The van der Waals surface area contributed by atoms with E-state index in [9.17, 15) is 14.0 Å². The Kier molecular flexibility index (Phi) is 8.82. The highest BCUT2D eigenvalue weighted by molar-refractivity contribution is 5.94. The fourth-order valence-electron chi connectivity index (χ4n) is 5.94. The number of rotatable bonds is 8. The Labute approximate surface area is 228 Å². The van der Waals surface area contributed by atoms with E-state index in [1.807, 2.05) is 16.7 Å². The van der Waals surface area contributed by atoms with Crippen LogP contribution in [0.25, 0.3) is 0 Å². The molecule has 3 heterocycles. The van der Waals surface area contributed by atoms with Crippen LogP contribution < -0.4 is 4.74 Å². The summed E-state index contributed by atoms with van der Waals surface area (Å²) in [4.78, 5) is 30.4. The Morgan fingerprint density at radius 2 is 1.72 bits per heavy atom. The quantitative estimate of drug-likeness (QED) is 0.551. The second kappa shape index (κ2) is 12.5. The molecule has 5 rings (SSSR count). The van der Waals surface area contributed by atoms with Crippen LogP contribution in [0.15, 0.2) is 18.2 Å². The van der Waals surface area contributed by atoms with Gasteiger partial charge in [0.05, 0.1) is 19.3 Å². The van der Waals surface area contributed by atoms with Gasteiger partial charge in [-0.2, -0.15) is 5.10 Å². The summed E-state index contributed by atoms with van der Waals surface area (Å²) >= 11 is 0. The van der Waals surface area contributed by atoms with E-state index in [2.05, 4.69) is 0 Å². The van der Waals surface area contributed by atoms with Gasteiger partial charge in [-0.1, -0.05) is 0 Å². The van der Waals surface area contributed by atoms with Crippen LogP contribution in [0.5, 0.6) is 5.75 Å². The first kappa shape index (κ1) is 27.6. The molecule has 0 atom stereocenters. The summed E-state index contributed by atoms with van der Waals surface area (Å²) in [6.07, 6.45) is 6.64. The van der Waals surface area contributed by atoms with Gasteiger partial charge in [0.15, 0.2) is 5.69 Å². The molecule has 0 bridgehead atoms. The second-order valence-corrected chi connectivity index (χ2v) is 10.8. The van der Waals surface area contributed by atoms with Crippen molar-refractivity contribution in [3.8, 4) is 5.75 Å². The van der Waals surface area contributed by atoms with Gasteiger partial charge >= 0.3 is 0 Å². The molecular weight excluding hydrogens is 503 g/mol. The molecule has 2 amide bonds. The van der Waals surface area contributed by atoms with Crippen molar-refractivity contribution in [2.24, 2.45) is 0 Å². The van der Waals surface area contributed by atoms with Crippen molar-refractivity contribution in [1.29, 1.82) is 0 Å². The lowest BCUT2D eigenvalue weighted by atomic mass is 9.95. The molecule has 39 heavy (non-hydrogen) atoms. The Morgan fingerprint density at radius 3 is 2.44 bits per heavy atom. The van der Waals surface area contributed by atoms with Gasteiger partial charge in [0.1, 0.15) is 24.2 Å². The summed E-state index contributed by atoms with van der Waals surface area (Å²) in [6, 6.07) is 4.53. The van der Waals surface area contributed by atoms with E-state index >= 15 is 0 Å². The number of hydrogen-bond acceptors (Lipinski definition) is 6. The summed E-state index contributed by atoms with van der Waals surface area (Å²) < 4.78 is 26.9. The van der Waals surface area contributed by atoms with E-state index in [0.717, 1.165) is 55.3 Å². The van der Waals surface area contributed by atoms with E-state index in [1.165, 1.54) is 12.1 Å². The Morgan fingerprint density at radius 1 is 1.03 bits per heavy atom. The highest BCUT2D eigenvalue weighted by atomic mass is 19.1. The fraction of sp³-hybridized carbons (Fsp3) is 0.621. The third kappa shape index (κ3) is 6.44. The SMILES string of the molecule is Cc1cc(F)ccc1OC1CCN(C(=O)Cn2nc(C(=O)N3CCC(OCCO)CC3)c3c2CCCC3)CC1. The van der Waals surface area contributed by atoms with Crippen LogP contribution in [0, 0.1) is 12.7 Å². The van der Waals surface area contributed by atoms with Crippen LogP contribution in [-0.2, 0) is 28.9 Å². The number of aryl methyl sites for hydroxylation is 1. The number of aliphatic hydroxyl groups excluding tert-OH is 1. The monoisotopic (exact) mass is 542 g/mol. The van der Waals surface area contributed by atoms with Crippen molar-refractivity contribution in [3.63, 3.8) is 0 Å². The zero-order chi connectivity index (χ0) is 27.4. The Balaban J connectivity index is 1.19. The molecule has 1 aromatic heterocycles. The molecule has 2 fully saturated rings. The van der Waals surface area contributed by atoms with Gasteiger partial charge in [-0.25, -0.2) is 4.39 Å². The summed E-state index contributed by atoms with van der Waals surface area (Å²) in [5.74, 6) is 0.347. The highest BCUT2D eigenvalue weighted by Gasteiger charge is 2.32. The van der Waals surface area contributed by atoms with Gasteiger partial charge in [0.2, 0.25) is 5.91 Å². The number of halogens is 1. The summed E-state index contributed by atoms with van der Waals surface area (Å²) in [6.45, 7) is 4.67. The zero-order valence-electron chi connectivity index (χ0n) is 22.7. The van der Waals surface area contributed by atoms with Crippen LogP contribution in [0.1, 0.15) is 65.8 Å². The van der Waals surface area contributed by atoms with Crippen molar-refractivity contribution in [1.82, 2.24) is 19.6 Å². The van der Waals surface area contributed by atoms with Crippen molar-refractivity contribution in [2.75, 3.05) is 39.4 Å². The van der Waals surface area contributed by atoms with Gasteiger partial charge in [-0.15, -0.1) is 0 Å². The molecule has 1 aliphatic carbocycles. The van der Waals surface area contributed by atoms with E-state index in [0.29, 0.717) is 57.1 Å². The highest BCUT2D eigenvalue weighted by Crippen LogP contribution is 2.28. The molecule has 0 unspecified atom stereocenters. The topological polar surface area (TPSA) is 97.1 Å². The molecule has 3 aliphatic rings. The number of likely N-dealkylation sites (tertiary alicyclic amines) is 2. The number of amides is 2. The lowest BCUT2D eigenvalue weighted by Crippen LogP contribution is -2.43. The number of nitrogens with zero attached hydrogens (tertiary/aromatic N) is 4. The van der Waals surface area contributed by atoms with Gasteiger partial charge in [-0.05, 0) is 69.2 Å². The standard InChI is InChI=1S/C29H39FN4O5/c1-20-18-21(30)6-7-26(20)39-23-10-12-32(13-11-23)27(36)19-34-25-5-3-2-4-24(25)28(31-34)29(37)33-14-8-22(9-15-33)38-17-16-35/h6-7,18,22-23,35H,2-5,8-17,19H2,1H3. The van der Waals surface area contributed by atoms with Gasteiger partial charge in [-0.3, -0.25) is 14.3 Å². The summed E-state index contributed by atoms with van der Waals surface area (Å²) in [5.41, 5.74) is 3.28. The number of carbonyl (C=O) groups excluding carboxylic acids is 2. The molecule has 1 aromatic carbocycles. The van der Waals surface area contributed by atoms with Crippen LogP contribution in [0.3, 0.4) is 0 Å². The van der Waals surface area contributed by atoms with Crippen LogP contribution in [0.4, 0.5) is 4.39 Å². The number of piperidine rings is 2. The minimum Gasteiger partial charge on any atom is -0.490 e. The average molecular weight is 543 g/mol. The summed E-state index contributed by atoms with van der Waals surface area (Å²) in [5, 5.41) is 13.7. The second-order valence-electron chi connectivity index (χ2n) is 10.8. The number of hydrogen-bond donors (Lipinski definition) is 1. The third-order valence-electron chi connectivity index (χ3n) is 8.14. The van der Waals surface area contributed by atoms with Gasteiger partial charge in [0.25, 0.3) is 5.91 Å². The molecule has 2 aromatic rings. The molecule has 0 radical (unpaired) electrons. The molecule has 212 valence electrons. The van der Waals surface area contributed by atoms with Crippen LogP contribution in [-0.4, -0.2) is 88.1 Å². The molecule has 0 spiro atoms. The van der Waals surface area contributed by atoms with Crippen molar-refractivity contribution >= 4 is 11.8 Å². The average Bonchev–Trinajstić information content (AvgIpc) is 3.32. The minimum atomic E-state index is -0.278. The molecule has 0 saturated carbocycles.